The first-order chi connectivity index (χ1) is 20.6. The number of hydrogen-bond donors (Lipinski definition) is 0. The van der Waals surface area contributed by atoms with Crippen LogP contribution in [-0.4, -0.2) is 24.0 Å². The average Bonchev–Trinajstić information content (AvgIpc) is 3.33. The highest BCUT2D eigenvalue weighted by atomic mass is 35.5. The minimum Gasteiger partial charge on any atom is -0.198 e. The Labute approximate surface area is 262 Å². The maximum atomic E-state index is 7.18. The third-order valence-corrected chi connectivity index (χ3v) is 13.1. The van der Waals surface area contributed by atoms with Crippen LogP contribution in [-0.2, 0) is 10.8 Å². The number of hydrogen-bond acceptors (Lipinski definition) is 0. The van der Waals surface area contributed by atoms with Crippen molar-refractivity contribution in [2.75, 3.05) is 13.7 Å². The van der Waals surface area contributed by atoms with Gasteiger partial charge in [-0.25, -0.2) is 0 Å². The Morgan fingerprint density at radius 3 is 2.12 bits per heavy atom. The average molecular weight is 601 g/mol. The molecule has 1 aliphatic carbocycles. The number of benzene rings is 4. The molecule has 0 saturated carbocycles. The van der Waals surface area contributed by atoms with Gasteiger partial charge in [0.2, 0.25) is 5.69 Å². The summed E-state index contributed by atoms with van der Waals surface area (Å²) in [5, 5.41) is 9.35. The molecule has 0 N–H and O–H groups in total. The largest absolute Gasteiger partial charge is 0.210 e. The smallest absolute Gasteiger partial charge is 0.198 e. The zero-order chi connectivity index (χ0) is 30.1. The van der Waals surface area contributed by atoms with E-state index in [0.29, 0.717) is 0 Å². The van der Waals surface area contributed by atoms with Crippen molar-refractivity contribution in [3.63, 3.8) is 0 Å². The quantitative estimate of drug-likeness (QED) is 0.162. The standard InChI is InChI=1S/C40H40ClNP/c1-39(2)34(42(5)32-22-18-26-12-7-9-16-30(26)36(32)39)24-20-28-14-11-15-29(38(28)41)21-25-35-40(3,4)37-31-17-10-8-13-27(31)19-23-33(37)43(35)6/h7-10,12-13,16-25H,11,14-15H2,1-6H3/q+1. The van der Waals surface area contributed by atoms with E-state index in [1.54, 1.807) is 0 Å². The van der Waals surface area contributed by atoms with E-state index in [0.717, 1.165) is 24.3 Å². The summed E-state index contributed by atoms with van der Waals surface area (Å²) >= 11 is 7.18. The second-order valence-electron chi connectivity index (χ2n) is 13.4. The topological polar surface area (TPSA) is 3.01 Å². The van der Waals surface area contributed by atoms with Crippen LogP contribution < -0.4 is 5.30 Å². The lowest BCUT2D eigenvalue weighted by atomic mass is 9.79. The molecule has 3 heteroatoms. The molecule has 4 aromatic rings. The molecular formula is C40H40ClNP+. The Kier molecular flexibility index (Phi) is 6.92. The van der Waals surface area contributed by atoms with Gasteiger partial charge in [-0.2, -0.15) is 4.58 Å². The summed E-state index contributed by atoms with van der Waals surface area (Å²) in [6.45, 7) is 11.9. The molecule has 2 heterocycles. The highest BCUT2D eigenvalue weighted by Crippen LogP contribution is 2.59. The summed E-state index contributed by atoms with van der Waals surface area (Å²) in [5.41, 5.74) is 7.92. The van der Waals surface area contributed by atoms with Gasteiger partial charge >= 0.3 is 0 Å². The molecule has 0 saturated heterocycles. The van der Waals surface area contributed by atoms with Crippen molar-refractivity contribution in [2.24, 2.45) is 0 Å². The van der Waals surface area contributed by atoms with Crippen LogP contribution in [0.15, 0.2) is 119 Å². The lowest BCUT2D eigenvalue weighted by Crippen LogP contribution is -2.27. The van der Waals surface area contributed by atoms with Crippen molar-refractivity contribution in [3.05, 3.63) is 130 Å². The van der Waals surface area contributed by atoms with Crippen LogP contribution in [0.1, 0.15) is 58.1 Å². The molecule has 0 radical (unpaired) electrons. The number of allylic oxidation sites excluding steroid dienone is 8. The van der Waals surface area contributed by atoms with Crippen molar-refractivity contribution >= 4 is 57.8 Å². The summed E-state index contributed by atoms with van der Waals surface area (Å²) in [7, 11) is 1.81. The van der Waals surface area contributed by atoms with Gasteiger partial charge in [0.15, 0.2) is 5.71 Å². The molecule has 0 amide bonds. The van der Waals surface area contributed by atoms with E-state index in [4.69, 9.17) is 11.6 Å². The SMILES string of the molecule is C[N+]1=C(C=CC2=C(Cl)C(=CC=C3P(C)c4ccc5ccccc5c4C3(C)C)CCC2)C(C)(C)c2c1ccc1ccccc21. The lowest BCUT2D eigenvalue weighted by molar-refractivity contribution is -0.401. The predicted molar refractivity (Wildman–Crippen MR) is 189 cm³/mol. The molecule has 216 valence electrons. The van der Waals surface area contributed by atoms with E-state index in [-0.39, 0.29) is 18.8 Å². The Morgan fingerprint density at radius 2 is 1.40 bits per heavy atom. The highest BCUT2D eigenvalue weighted by molar-refractivity contribution is 7.69. The Balaban J connectivity index is 1.22. The van der Waals surface area contributed by atoms with Gasteiger partial charge in [0.1, 0.15) is 7.05 Å². The summed E-state index contributed by atoms with van der Waals surface area (Å²) in [4.78, 5) is 0. The van der Waals surface area contributed by atoms with Gasteiger partial charge in [0, 0.05) is 28.2 Å². The van der Waals surface area contributed by atoms with Crippen LogP contribution in [0, 0.1) is 0 Å². The van der Waals surface area contributed by atoms with Crippen molar-refractivity contribution in [3.8, 4) is 0 Å². The minimum atomic E-state index is -0.388. The maximum absolute atomic E-state index is 7.18. The normalized spacial score (nSPS) is 22.9. The third kappa shape index (κ3) is 4.43. The second kappa shape index (κ2) is 10.4. The van der Waals surface area contributed by atoms with E-state index < -0.39 is 0 Å². The molecule has 2 aliphatic heterocycles. The summed E-state index contributed by atoms with van der Waals surface area (Å²) in [5.74, 6) is 0. The highest BCUT2D eigenvalue weighted by Gasteiger charge is 2.44. The van der Waals surface area contributed by atoms with E-state index in [1.807, 2.05) is 0 Å². The number of rotatable bonds is 3. The fraction of sp³-hybridized carbons (Fsp3) is 0.275. The molecule has 43 heavy (non-hydrogen) atoms. The zero-order valence-electron chi connectivity index (χ0n) is 26.1. The van der Waals surface area contributed by atoms with Gasteiger partial charge in [-0.05, 0) is 94.7 Å². The number of fused-ring (bicyclic) bond motifs is 6. The molecule has 0 fully saturated rings. The van der Waals surface area contributed by atoms with Gasteiger partial charge in [-0.3, -0.25) is 0 Å². The van der Waals surface area contributed by atoms with Crippen molar-refractivity contribution in [1.29, 1.82) is 0 Å². The van der Waals surface area contributed by atoms with Crippen LogP contribution in [0.3, 0.4) is 0 Å². The molecule has 1 nitrogen and oxygen atoms in total. The molecule has 3 aliphatic rings. The lowest BCUT2D eigenvalue weighted by Gasteiger charge is -2.24. The molecule has 7 rings (SSSR count). The van der Waals surface area contributed by atoms with E-state index in [2.05, 4.69) is 143 Å². The number of nitrogens with zero attached hydrogens (tertiary/aromatic N) is 1. The number of halogens is 1. The maximum Gasteiger partial charge on any atom is 0.210 e. The summed E-state index contributed by atoms with van der Waals surface area (Å²) < 4.78 is 2.36. The first-order valence-electron chi connectivity index (χ1n) is 15.5. The molecular weight excluding hydrogens is 561 g/mol. The van der Waals surface area contributed by atoms with E-state index >= 15 is 0 Å². The second-order valence-corrected chi connectivity index (χ2v) is 15.8. The Bertz CT molecular complexity index is 1980. The van der Waals surface area contributed by atoms with E-state index in [1.165, 1.54) is 65.8 Å². The van der Waals surface area contributed by atoms with Crippen molar-refractivity contribution in [2.45, 2.75) is 57.8 Å². The van der Waals surface area contributed by atoms with Gasteiger partial charge < -0.3 is 0 Å². The van der Waals surface area contributed by atoms with Crippen LogP contribution in [0.5, 0.6) is 0 Å². The molecule has 1 atom stereocenters. The van der Waals surface area contributed by atoms with Gasteiger partial charge in [-0.1, -0.05) is 112 Å². The van der Waals surface area contributed by atoms with Crippen LogP contribution in [0.4, 0.5) is 5.69 Å². The fourth-order valence-corrected chi connectivity index (χ4v) is 10.8. The van der Waals surface area contributed by atoms with Crippen LogP contribution in [0.2, 0.25) is 0 Å². The first-order valence-corrected chi connectivity index (χ1v) is 17.6. The third-order valence-electron chi connectivity index (χ3n) is 10.1. The van der Waals surface area contributed by atoms with Crippen molar-refractivity contribution < 1.29 is 4.58 Å². The molecule has 0 aromatic heterocycles. The summed E-state index contributed by atoms with van der Waals surface area (Å²) in [6.07, 6.45) is 12.5. The van der Waals surface area contributed by atoms with Gasteiger partial charge in [0.05, 0.1) is 5.41 Å². The van der Waals surface area contributed by atoms with Crippen molar-refractivity contribution in [1.82, 2.24) is 0 Å². The van der Waals surface area contributed by atoms with Gasteiger partial charge in [0.25, 0.3) is 0 Å². The van der Waals surface area contributed by atoms with E-state index in [9.17, 15) is 0 Å². The summed E-state index contributed by atoms with van der Waals surface area (Å²) in [6, 6.07) is 26.8. The monoisotopic (exact) mass is 600 g/mol. The predicted octanol–water partition coefficient (Wildman–Crippen LogP) is 10.8. The Morgan fingerprint density at radius 1 is 0.744 bits per heavy atom. The van der Waals surface area contributed by atoms with Crippen LogP contribution in [0.25, 0.3) is 21.5 Å². The first kappa shape index (κ1) is 28.5. The van der Waals surface area contributed by atoms with Crippen LogP contribution >= 0.6 is 19.5 Å². The Hall–Kier alpha value is -3.25. The molecule has 0 spiro atoms. The minimum absolute atomic E-state index is 0.00421. The molecule has 4 aromatic carbocycles. The fourth-order valence-electron chi connectivity index (χ4n) is 7.95. The molecule has 1 unspecified atom stereocenters. The zero-order valence-corrected chi connectivity index (χ0v) is 27.8. The molecule has 0 bridgehead atoms. The van der Waals surface area contributed by atoms with Gasteiger partial charge in [-0.15, -0.1) is 0 Å².